The fourth-order valence-electron chi connectivity index (χ4n) is 4.10. The lowest BCUT2D eigenvalue weighted by molar-refractivity contribution is -0.156. The number of sulfonamides is 1. The first-order valence-corrected chi connectivity index (χ1v) is 12.7. The molecule has 1 aliphatic heterocycles. The minimum absolute atomic E-state index is 0.122. The van der Waals surface area contributed by atoms with Gasteiger partial charge < -0.3 is 9.64 Å². The lowest BCUT2D eigenvalue weighted by atomic mass is 9.98. The summed E-state index contributed by atoms with van der Waals surface area (Å²) in [6.45, 7) is 7.67. The van der Waals surface area contributed by atoms with Crippen molar-refractivity contribution in [2.45, 2.75) is 58.3 Å². The third kappa shape index (κ3) is 6.34. The first-order valence-electron chi connectivity index (χ1n) is 11.3. The maximum Gasteiger partial charge on any atom is 0.309 e. The van der Waals surface area contributed by atoms with Crippen molar-refractivity contribution in [3.05, 3.63) is 28.3 Å². The summed E-state index contributed by atoms with van der Waals surface area (Å²) in [6, 6.07) is 5.88. The van der Waals surface area contributed by atoms with Gasteiger partial charge in [-0.15, -0.1) is 0 Å². The molecule has 184 valence electrons. The Morgan fingerprint density at radius 1 is 1.03 bits per heavy atom. The summed E-state index contributed by atoms with van der Waals surface area (Å²) in [6.07, 6.45) is 0.859. The second-order valence-electron chi connectivity index (χ2n) is 8.57. The molecule has 1 saturated heterocycles. The van der Waals surface area contributed by atoms with E-state index >= 15 is 0 Å². The van der Waals surface area contributed by atoms with Crippen LogP contribution in [0.4, 0.5) is 0 Å². The zero-order chi connectivity index (χ0) is 25.5. The second-order valence-corrected chi connectivity index (χ2v) is 10.4. The lowest BCUT2D eigenvalue weighted by Crippen LogP contribution is -2.42. The molecule has 1 aromatic carbocycles. The summed E-state index contributed by atoms with van der Waals surface area (Å²) in [5.74, 6) is -1.49. The Hall–Kier alpha value is -2.95. The zero-order valence-electron chi connectivity index (χ0n) is 20.3. The van der Waals surface area contributed by atoms with E-state index < -0.39 is 34.4 Å². The van der Waals surface area contributed by atoms with E-state index in [0.717, 1.165) is 22.3 Å². The van der Waals surface area contributed by atoms with Gasteiger partial charge in [-0.05, 0) is 62.8 Å². The number of nitrogens with zero attached hydrogens (tertiary/aromatic N) is 4. The molecule has 9 nitrogen and oxygen atoms in total. The van der Waals surface area contributed by atoms with E-state index in [1.54, 1.807) is 0 Å². The second kappa shape index (κ2) is 12.0. The van der Waals surface area contributed by atoms with Crippen molar-refractivity contribution in [3.8, 4) is 12.1 Å². The molecule has 0 radical (unpaired) electrons. The first-order chi connectivity index (χ1) is 16.0. The van der Waals surface area contributed by atoms with Crippen LogP contribution in [0.1, 0.15) is 47.9 Å². The Morgan fingerprint density at radius 3 is 2.00 bits per heavy atom. The van der Waals surface area contributed by atoms with Crippen molar-refractivity contribution in [2.24, 2.45) is 5.92 Å². The molecular formula is C24H32N4O5S. The predicted molar refractivity (Wildman–Crippen MR) is 125 cm³/mol. The van der Waals surface area contributed by atoms with E-state index in [0.29, 0.717) is 17.7 Å². The molecule has 1 aliphatic rings. The molecule has 0 atom stereocenters. The average Bonchev–Trinajstić information content (AvgIpc) is 2.81. The van der Waals surface area contributed by atoms with Crippen molar-refractivity contribution >= 4 is 21.9 Å². The molecule has 34 heavy (non-hydrogen) atoms. The van der Waals surface area contributed by atoms with E-state index in [2.05, 4.69) is 0 Å². The molecular weight excluding hydrogens is 456 g/mol. The highest BCUT2D eigenvalue weighted by Crippen LogP contribution is 2.31. The van der Waals surface area contributed by atoms with E-state index in [-0.39, 0.29) is 39.0 Å². The highest BCUT2D eigenvalue weighted by atomic mass is 32.2. The molecule has 0 spiro atoms. The third-order valence-corrected chi connectivity index (χ3v) is 8.53. The van der Waals surface area contributed by atoms with Crippen LogP contribution < -0.4 is 0 Å². The molecule has 0 bridgehead atoms. The minimum atomic E-state index is -3.70. The molecule has 1 heterocycles. The van der Waals surface area contributed by atoms with Crippen LogP contribution in [0.15, 0.2) is 11.0 Å². The SMILES string of the molecule is Cc1cc(C)c(C)c(S(=O)(=O)N2CCC(C(=O)OCC(=O)N(CCC#N)CCC#N)CC2)c1C. The van der Waals surface area contributed by atoms with Crippen LogP contribution in [0, 0.1) is 56.3 Å². The lowest BCUT2D eigenvalue weighted by Gasteiger charge is -2.31. The average molecular weight is 489 g/mol. The molecule has 10 heteroatoms. The Balaban J connectivity index is 1.98. The van der Waals surface area contributed by atoms with Gasteiger partial charge in [-0.1, -0.05) is 6.07 Å². The number of amides is 1. The number of ether oxygens (including phenoxy) is 1. The van der Waals surface area contributed by atoms with Crippen molar-refractivity contribution in [1.82, 2.24) is 9.21 Å². The first kappa shape index (κ1) is 27.3. The molecule has 1 fully saturated rings. The van der Waals surface area contributed by atoms with Crippen LogP contribution in [0.2, 0.25) is 0 Å². The predicted octanol–water partition coefficient (Wildman–Crippen LogP) is 2.52. The molecule has 0 aliphatic carbocycles. The van der Waals surface area contributed by atoms with Gasteiger partial charge in [0, 0.05) is 26.2 Å². The highest BCUT2D eigenvalue weighted by Gasteiger charge is 2.35. The smallest absolute Gasteiger partial charge is 0.309 e. The number of hydrogen-bond donors (Lipinski definition) is 0. The molecule has 0 N–H and O–H groups in total. The topological polar surface area (TPSA) is 132 Å². The van der Waals surface area contributed by atoms with Gasteiger partial charge in [0.25, 0.3) is 5.91 Å². The number of rotatable bonds is 9. The number of benzene rings is 1. The molecule has 1 aromatic rings. The fraction of sp³-hybridized carbons (Fsp3) is 0.583. The van der Waals surface area contributed by atoms with E-state index in [1.165, 1.54) is 9.21 Å². The van der Waals surface area contributed by atoms with Gasteiger partial charge in [-0.2, -0.15) is 14.8 Å². The van der Waals surface area contributed by atoms with Crippen LogP contribution in [-0.2, 0) is 24.3 Å². The Bertz CT molecular complexity index is 1070. The van der Waals surface area contributed by atoms with Gasteiger partial charge in [0.05, 0.1) is 35.8 Å². The largest absolute Gasteiger partial charge is 0.455 e. The number of carbonyl (C=O) groups is 2. The van der Waals surface area contributed by atoms with E-state index in [9.17, 15) is 18.0 Å². The van der Waals surface area contributed by atoms with Crippen LogP contribution in [0.25, 0.3) is 0 Å². The van der Waals surface area contributed by atoms with Gasteiger partial charge in [-0.3, -0.25) is 9.59 Å². The van der Waals surface area contributed by atoms with Crippen LogP contribution in [0.3, 0.4) is 0 Å². The van der Waals surface area contributed by atoms with Crippen LogP contribution in [-0.4, -0.2) is 62.3 Å². The number of piperidine rings is 1. The van der Waals surface area contributed by atoms with Crippen molar-refractivity contribution in [3.63, 3.8) is 0 Å². The van der Waals surface area contributed by atoms with Gasteiger partial charge in [-0.25, -0.2) is 8.42 Å². The van der Waals surface area contributed by atoms with Gasteiger partial charge in [0.15, 0.2) is 6.61 Å². The number of esters is 1. The van der Waals surface area contributed by atoms with Crippen molar-refractivity contribution in [1.29, 1.82) is 10.5 Å². The Labute approximate surface area is 201 Å². The van der Waals surface area contributed by atoms with Gasteiger partial charge >= 0.3 is 5.97 Å². The summed E-state index contributed by atoms with van der Waals surface area (Å²) in [5, 5.41) is 17.5. The summed E-state index contributed by atoms with van der Waals surface area (Å²) in [5.41, 5.74) is 3.31. The molecule has 2 rings (SSSR count). The van der Waals surface area contributed by atoms with Crippen LogP contribution in [0.5, 0.6) is 0 Å². The summed E-state index contributed by atoms with van der Waals surface area (Å²) >= 11 is 0. The number of aryl methyl sites for hydroxylation is 2. The monoisotopic (exact) mass is 488 g/mol. The van der Waals surface area contributed by atoms with E-state index in [1.807, 2.05) is 45.9 Å². The maximum absolute atomic E-state index is 13.4. The fourth-order valence-corrected chi connectivity index (χ4v) is 6.15. The molecule has 0 aromatic heterocycles. The normalized spacial score (nSPS) is 14.8. The van der Waals surface area contributed by atoms with Crippen LogP contribution >= 0.6 is 0 Å². The Morgan fingerprint density at radius 2 is 1.53 bits per heavy atom. The van der Waals surface area contributed by atoms with Crippen molar-refractivity contribution < 1.29 is 22.7 Å². The minimum Gasteiger partial charge on any atom is -0.455 e. The van der Waals surface area contributed by atoms with E-state index in [4.69, 9.17) is 15.3 Å². The van der Waals surface area contributed by atoms with Crippen molar-refractivity contribution in [2.75, 3.05) is 32.8 Å². The summed E-state index contributed by atoms with van der Waals surface area (Å²) in [7, 11) is -3.70. The summed E-state index contributed by atoms with van der Waals surface area (Å²) in [4.78, 5) is 26.5. The maximum atomic E-state index is 13.4. The summed E-state index contributed by atoms with van der Waals surface area (Å²) < 4.78 is 33.4. The highest BCUT2D eigenvalue weighted by molar-refractivity contribution is 7.89. The number of hydrogen-bond acceptors (Lipinski definition) is 7. The van der Waals surface area contributed by atoms with Gasteiger partial charge in [0.2, 0.25) is 10.0 Å². The molecule has 0 unspecified atom stereocenters. The van der Waals surface area contributed by atoms with Gasteiger partial charge in [0.1, 0.15) is 0 Å². The third-order valence-electron chi connectivity index (χ3n) is 6.36. The zero-order valence-corrected chi connectivity index (χ0v) is 21.1. The standard InChI is InChI=1S/C24H32N4O5S/c1-17-15-18(2)20(4)23(19(17)3)34(31,32)28-13-7-21(8-14-28)24(30)33-16-22(29)27(11-5-9-25)12-6-10-26/h15,21H,5-8,11-14,16H2,1-4H3. The quantitative estimate of drug-likeness (QED) is 0.488. The Kier molecular flexibility index (Phi) is 9.60. The molecule has 0 saturated carbocycles. The number of carbonyl (C=O) groups excluding carboxylic acids is 2. The number of nitriles is 2. The molecule has 1 amide bonds.